The maximum atomic E-state index is 12.9. The molecule has 0 radical (unpaired) electrons. The number of ether oxygens (including phenoxy) is 1. The highest BCUT2D eigenvalue weighted by Gasteiger charge is 2.24. The van der Waals surface area contributed by atoms with Crippen molar-refractivity contribution in [2.75, 3.05) is 13.3 Å². The highest BCUT2D eigenvalue weighted by molar-refractivity contribution is 5.24. The van der Waals surface area contributed by atoms with Crippen LogP contribution in [0.4, 0.5) is 26.3 Å². The zero-order chi connectivity index (χ0) is 12.3. The largest absolute Gasteiger partial charge is 0.479 e. The lowest BCUT2D eigenvalue weighted by Gasteiger charge is -2.13. The van der Waals surface area contributed by atoms with Gasteiger partial charge in [-0.2, -0.15) is 22.5 Å². The third kappa shape index (κ3) is 2.37. The maximum Gasteiger partial charge on any atom is 0.255 e. The molecule has 2 nitrogen and oxygen atoms in total. The molecule has 16 heavy (non-hydrogen) atoms. The molecule has 0 N–H and O–H groups in total. The summed E-state index contributed by atoms with van der Waals surface area (Å²) in [6, 6.07) is 0. The average molecular weight is 245 g/mol. The summed E-state index contributed by atoms with van der Waals surface area (Å²) in [6.07, 6.45) is -1.83. The highest BCUT2D eigenvalue weighted by atomic mass is 19.2. The first-order valence-corrected chi connectivity index (χ1v) is 3.99. The van der Waals surface area contributed by atoms with Gasteiger partial charge in [0.15, 0.2) is 6.10 Å². The number of nitrogens with zero attached hydrogens (tertiary/aromatic N) is 1. The van der Waals surface area contributed by atoms with Crippen molar-refractivity contribution in [2.45, 2.75) is 6.10 Å². The Hall–Kier alpha value is -1.47. The van der Waals surface area contributed by atoms with Gasteiger partial charge in [-0.15, -0.1) is 0 Å². The van der Waals surface area contributed by atoms with E-state index in [1.807, 2.05) is 0 Å². The first-order valence-electron chi connectivity index (χ1n) is 3.99. The predicted octanol–water partition coefficient (Wildman–Crippen LogP) is 2.32. The maximum absolute atomic E-state index is 12.9. The van der Waals surface area contributed by atoms with E-state index in [1.165, 1.54) is 0 Å². The standard InChI is InChI=1S/C8H5F6NO/c9-1-3(2-10)16-6-4(11)7(13)15-8(14)5(6)12/h3H,1-2H2. The second-order valence-corrected chi connectivity index (χ2v) is 2.70. The molecule has 0 atom stereocenters. The van der Waals surface area contributed by atoms with E-state index in [9.17, 15) is 26.3 Å². The Morgan fingerprint density at radius 1 is 0.938 bits per heavy atom. The van der Waals surface area contributed by atoms with Gasteiger partial charge in [0.25, 0.3) is 11.9 Å². The molecule has 0 saturated carbocycles. The van der Waals surface area contributed by atoms with Crippen molar-refractivity contribution in [1.82, 2.24) is 4.98 Å². The SMILES string of the molecule is FCC(CF)Oc1c(F)c(F)nc(F)c1F. The molecular weight excluding hydrogens is 240 g/mol. The van der Waals surface area contributed by atoms with Gasteiger partial charge >= 0.3 is 0 Å². The van der Waals surface area contributed by atoms with Gasteiger partial charge in [0.1, 0.15) is 13.3 Å². The van der Waals surface area contributed by atoms with E-state index < -0.39 is 48.7 Å². The number of rotatable bonds is 4. The molecule has 0 saturated heterocycles. The number of hydrogen-bond donors (Lipinski definition) is 0. The molecule has 1 aromatic rings. The molecule has 0 spiro atoms. The summed E-state index contributed by atoms with van der Waals surface area (Å²) in [5, 5.41) is 0. The second kappa shape index (κ2) is 5.04. The second-order valence-electron chi connectivity index (χ2n) is 2.70. The van der Waals surface area contributed by atoms with E-state index in [-0.39, 0.29) is 0 Å². The zero-order valence-electron chi connectivity index (χ0n) is 7.61. The van der Waals surface area contributed by atoms with Crippen LogP contribution in [-0.2, 0) is 0 Å². The van der Waals surface area contributed by atoms with Crippen LogP contribution in [0, 0.1) is 23.5 Å². The molecular formula is C8H5F6NO. The van der Waals surface area contributed by atoms with Gasteiger partial charge in [-0.3, -0.25) is 0 Å². The molecule has 1 aromatic heterocycles. The Balaban J connectivity index is 3.11. The first kappa shape index (κ1) is 12.6. The summed E-state index contributed by atoms with van der Waals surface area (Å²) in [6.45, 7) is -2.80. The lowest BCUT2D eigenvalue weighted by atomic mass is 10.3. The van der Waals surface area contributed by atoms with E-state index >= 15 is 0 Å². The predicted molar refractivity (Wildman–Crippen MR) is 40.4 cm³/mol. The Kier molecular flexibility index (Phi) is 3.97. The monoisotopic (exact) mass is 245 g/mol. The number of aromatic nitrogens is 1. The lowest BCUT2D eigenvalue weighted by Crippen LogP contribution is -2.23. The number of pyridine rings is 1. The number of alkyl halides is 2. The third-order valence-electron chi connectivity index (χ3n) is 1.59. The molecule has 0 aliphatic heterocycles. The molecule has 8 heteroatoms. The number of hydrogen-bond acceptors (Lipinski definition) is 2. The molecule has 90 valence electrons. The molecule has 0 aliphatic carbocycles. The van der Waals surface area contributed by atoms with Crippen LogP contribution in [-0.4, -0.2) is 24.4 Å². The van der Waals surface area contributed by atoms with Crippen molar-refractivity contribution in [3.8, 4) is 5.75 Å². The normalized spacial score (nSPS) is 10.9. The van der Waals surface area contributed by atoms with Crippen molar-refractivity contribution < 1.29 is 31.1 Å². The average Bonchev–Trinajstić information content (AvgIpc) is 2.27. The van der Waals surface area contributed by atoms with Crippen molar-refractivity contribution in [2.24, 2.45) is 0 Å². The molecule has 0 unspecified atom stereocenters. The van der Waals surface area contributed by atoms with Crippen LogP contribution in [0.3, 0.4) is 0 Å². The van der Waals surface area contributed by atoms with Gasteiger partial charge in [-0.05, 0) is 0 Å². The smallest absolute Gasteiger partial charge is 0.255 e. The fourth-order valence-electron chi connectivity index (χ4n) is 0.842. The van der Waals surface area contributed by atoms with E-state index in [2.05, 4.69) is 9.72 Å². The fraction of sp³-hybridized carbons (Fsp3) is 0.375. The van der Waals surface area contributed by atoms with Crippen molar-refractivity contribution in [3.63, 3.8) is 0 Å². The van der Waals surface area contributed by atoms with Crippen LogP contribution in [0.1, 0.15) is 0 Å². The summed E-state index contributed by atoms with van der Waals surface area (Å²) in [4.78, 5) is 2.24. The van der Waals surface area contributed by atoms with Gasteiger partial charge < -0.3 is 4.74 Å². The van der Waals surface area contributed by atoms with Crippen LogP contribution in [0.5, 0.6) is 5.75 Å². The lowest BCUT2D eigenvalue weighted by molar-refractivity contribution is 0.119. The van der Waals surface area contributed by atoms with E-state index in [0.717, 1.165) is 0 Å². The zero-order valence-corrected chi connectivity index (χ0v) is 7.61. The topological polar surface area (TPSA) is 22.1 Å². The van der Waals surface area contributed by atoms with E-state index in [0.29, 0.717) is 0 Å². The minimum Gasteiger partial charge on any atom is -0.479 e. The van der Waals surface area contributed by atoms with Gasteiger partial charge in [0.05, 0.1) is 0 Å². The van der Waals surface area contributed by atoms with Crippen LogP contribution in [0.2, 0.25) is 0 Å². The minimum atomic E-state index is -1.95. The summed E-state index contributed by atoms with van der Waals surface area (Å²) in [7, 11) is 0. The van der Waals surface area contributed by atoms with E-state index in [1.54, 1.807) is 0 Å². The van der Waals surface area contributed by atoms with Gasteiger partial charge in [0, 0.05) is 0 Å². The number of halogens is 6. The van der Waals surface area contributed by atoms with Gasteiger partial charge in [-0.1, -0.05) is 0 Å². The minimum absolute atomic E-state index is 1.40. The molecule has 0 fully saturated rings. The summed E-state index contributed by atoms with van der Waals surface area (Å²) >= 11 is 0. The van der Waals surface area contributed by atoms with E-state index in [4.69, 9.17) is 0 Å². The molecule has 0 bridgehead atoms. The Labute approximate surface area is 85.9 Å². The Morgan fingerprint density at radius 3 is 1.75 bits per heavy atom. The Morgan fingerprint density at radius 2 is 1.38 bits per heavy atom. The van der Waals surface area contributed by atoms with Gasteiger partial charge in [0.2, 0.25) is 17.4 Å². The van der Waals surface area contributed by atoms with Crippen LogP contribution in [0.15, 0.2) is 0 Å². The highest BCUT2D eigenvalue weighted by Crippen LogP contribution is 2.25. The summed E-state index contributed by atoms with van der Waals surface area (Å²) < 4.78 is 78.9. The molecule has 0 aromatic carbocycles. The summed E-state index contributed by atoms with van der Waals surface area (Å²) in [5.74, 6) is -9.31. The molecule has 0 aliphatic rings. The Bertz CT molecular complexity index is 355. The van der Waals surface area contributed by atoms with Crippen LogP contribution < -0.4 is 4.74 Å². The molecule has 1 rings (SSSR count). The van der Waals surface area contributed by atoms with Crippen molar-refractivity contribution in [3.05, 3.63) is 23.5 Å². The van der Waals surface area contributed by atoms with Crippen molar-refractivity contribution >= 4 is 0 Å². The van der Waals surface area contributed by atoms with Gasteiger partial charge in [-0.25, -0.2) is 8.78 Å². The summed E-state index contributed by atoms with van der Waals surface area (Å²) in [5.41, 5.74) is 0. The fourth-order valence-corrected chi connectivity index (χ4v) is 0.842. The molecule has 0 amide bonds. The van der Waals surface area contributed by atoms with Crippen LogP contribution in [0.25, 0.3) is 0 Å². The first-order chi connectivity index (χ1) is 7.51. The van der Waals surface area contributed by atoms with Crippen molar-refractivity contribution in [1.29, 1.82) is 0 Å². The quantitative estimate of drug-likeness (QED) is 0.600. The molecule has 1 heterocycles. The van der Waals surface area contributed by atoms with Crippen LogP contribution >= 0.6 is 0 Å². The third-order valence-corrected chi connectivity index (χ3v) is 1.59.